The zero-order chi connectivity index (χ0) is 45.1. The summed E-state index contributed by atoms with van der Waals surface area (Å²) in [5.41, 5.74) is 3.32. The molecule has 61 heavy (non-hydrogen) atoms. The second-order valence-electron chi connectivity index (χ2n) is 15.6. The van der Waals surface area contributed by atoms with Gasteiger partial charge in [0.05, 0.1) is 49.6 Å². The number of carbonyl (C=O) groups excluding carboxylic acids is 5. The Morgan fingerprint density at radius 2 is 1.56 bits per heavy atom. The highest BCUT2D eigenvalue weighted by Gasteiger charge is 2.39. The first kappa shape index (κ1) is 49.7. The first-order valence-electron chi connectivity index (χ1n) is 20.7. The van der Waals surface area contributed by atoms with Crippen molar-refractivity contribution in [2.75, 3.05) is 13.2 Å². The number of allylic oxidation sites excluding steroid dienone is 6. The standard InChI is InChI=1S/C12H10O2.C10H12O3.C8H10O2.C8H12O2.C7H12O.C5H6O/c1-7(2)9-4-5-10-11(6-9)8(3)14-12(10)13;1-6-2-3-7(4-6)8-5-9(11)13-10(8)12;1-3-4-7-5-6(2)10-8(7)9;1-2-6-10-8-5-3-4-7(8)9;1-2-3-4-5-7-6-8-7;1-4-3-5(2)6-4/h4-6H,1,3H2,2H3;2-3,6-8H,4-5H2,1H3;3,7H,1-2,4-5H2;2,8H,1,3-6H2;2,7H,1,3-6H2;1-3H2. The predicted molar refractivity (Wildman–Crippen MR) is 236 cm³/mol. The van der Waals surface area contributed by atoms with Gasteiger partial charge in [-0.25, -0.2) is 4.79 Å². The molecule has 0 amide bonds. The van der Waals surface area contributed by atoms with Crippen molar-refractivity contribution in [2.24, 2.45) is 23.7 Å². The van der Waals surface area contributed by atoms with Crippen LogP contribution < -0.4 is 0 Å². The number of carbonyl (C=O) groups is 5. The number of hydrogen-bond acceptors (Lipinski definition) is 11. The maximum Gasteiger partial charge on any atom is 0.344 e. The molecule has 0 spiro atoms. The summed E-state index contributed by atoms with van der Waals surface area (Å²) < 4.78 is 29.1. The molecule has 4 saturated heterocycles. The lowest BCUT2D eigenvalue weighted by Gasteiger charge is -2.18. The van der Waals surface area contributed by atoms with Crippen LogP contribution in [0.15, 0.2) is 118 Å². The molecule has 1 aromatic rings. The summed E-state index contributed by atoms with van der Waals surface area (Å²) in [6, 6.07) is 5.49. The quantitative estimate of drug-likeness (QED) is 0.0524. The lowest BCUT2D eigenvalue weighted by atomic mass is 9.89. The number of Topliss-reactive ketones (excluding diaryl/α,β-unsaturated/α-hetero) is 1. The minimum Gasteiger partial charge on any atom is -0.466 e. The average molecular weight is 839 g/mol. The van der Waals surface area contributed by atoms with Crippen LogP contribution in [0.4, 0.5) is 0 Å². The number of cyclic esters (lactones) is 4. The summed E-state index contributed by atoms with van der Waals surface area (Å²) in [6.07, 6.45) is 19.6. The summed E-state index contributed by atoms with van der Waals surface area (Å²) >= 11 is 0. The van der Waals surface area contributed by atoms with Crippen molar-refractivity contribution in [3.63, 3.8) is 0 Å². The van der Waals surface area contributed by atoms with Crippen molar-refractivity contribution >= 4 is 41.0 Å². The van der Waals surface area contributed by atoms with Crippen molar-refractivity contribution in [2.45, 2.75) is 96.7 Å². The molecule has 1 aromatic carbocycles. The van der Waals surface area contributed by atoms with Gasteiger partial charge in [0.15, 0.2) is 5.78 Å². The van der Waals surface area contributed by atoms with Crippen LogP contribution in [-0.2, 0) is 47.6 Å². The molecule has 5 fully saturated rings. The lowest BCUT2D eigenvalue weighted by Crippen LogP contribution is -2.17. The van der Waals surface area contributed by atoms with E-state index >= 15 is 0 Å². The fourth-order valence-corrected chi connectivity index (χ4v) is 6.77. The zero-order valence-corrected chi connectivity index (χ0v) is 35.9. The number of benzene rings is 1. The Morgan fingerprint density at radius 3 is 2.02 bits per heavy atom. The Balaban J connectivity index is 0.000000199. The van der Waals surface area contributed by atoms with Crippen LogP contribution in [-0.4, -0.2) is 55.1 Å². The van der Waals surface area contributed by atoms with Gasteiger partial charge in [-0.05, 0) is 81.4 Å². The number of hydrogen-bond donors (Lipinski definition) is 0. The molecule has 2 aliphatic carbocycles. The van der Waals surface area contributed by atoms with E-state index in [0.29, 0.717) is 55.0 Å². The second kappa shape index (κ2) is 25.2. The van der Waals surface area contributed by atoms with E-state index in [1.54, 1.807) is 18.2 Å². The normalized spacial score (nSPS) is 24.7. The number of ether oxygens (including phenoxy) is 6. The molecule has 1 saturated carbocycles. The van der Waals surface area contributed by atoms with Crippen LogP contribution in [0.3, 0.4) is 0 Å². The summed E-state index contributed by atoms with van der Waals surface area (Å²) in [7, 11) is 0. The largest absolute Gasteiger partial charge is 0.466 e. The number of fused-ring (bicyclic) bond motifs is 1. The molecule has 11 nitrogen and oxygen atoms in total. The first-order chi connectivity index (χ1) is 29.1. The van der Waals surface area contributed by atoms with Gasteiger partial charge in [-0.1, -0.05) is 81.8 Å². The Morgan fingerprint density at radius 1 is 0.852 bits per heavy atom. The van der Waals surface area contributed by atoms with Gasteiger partial charge in [0, 0.05) is 18.4 Å². The van der Waals surface area contributed by atoms with Crippen molar-refractivity contribution in [3.05, 3.63) is 135 Å². The lowest BCUT2D eigenvalue weighted by molar-refractivity contribution is -0.153. The number of rotatable bonds is 11. The van der Waals surface area contributed by atoms with Crippen molar-refractivity contribution < 1.29 is 52.4 Å². The van der Waals surface area contributed by atoms with Crippen LogP contribution in [0.5, 0.6) is 0 Å². The Hall–Kier alpha value is -5.65. The van der Waals surface area contributed by atoms with Gasteiger partial charge in [-0.3, -0.25) is 19.2 Å². The Kier molecular flexibility index (Phi) is 20.5. The minimum absolute atomic E-state index is 0.0231. The molecule has 0 bridgehead atoms. The smallest absolute Gasteiger partial charge is 0.344 e. The molecule has 5 heterocycles. The van der Waals surface area contributed by atoms with E-state index in [2.05, 4.69) is 70.4 Å². The fraction of sp³-hybridized carbons (Fsp3) is 0.420. The van der Waals surface area contributed by atoms with Gasteiger partial charge in [0.2, 0.25) is 0 Å². The molecule has 0 aromatic heterocycles. The van der Waals surface area contributed by atoms with Crippen LogP contribution in [0, 0.1) is 23.7 Å². The molecule has 6 atom stereocenters. The van der Waals surface area contributed by atoms with Crippen LogP contribution >= 0.6 is 0 Å². The van der Waals surface area contributed by atoms with Crippen molar-refractivity contribution in [3.8, 4) is 0 Å². The van der Waals surface area contributed by atoms with Gasteiger partial charge in [-0.15, -0.1) is 19.7 Å². The highest BCUT2D eigenvalue weighted by Crippen LogP contribution is 2.35. The molecule has 0 radical (unpaired) electrons. The van der Waals surface area contributed by atoms with Crippen molar-refractivity contribution in [1.29, 1.82) is 0 Å². The molecule has 7 aliphatic rings. The van der Waals surface area contributed by atoms with Crippen molar-refractivity contribution in [1.82, 2.24) is 0 Å². The predicted octanol–water partition coefficient (Wildman–Crippen LogP) is 10.3. The van der Waals surface area contributed by atoms with Gasteiger partial charge in [-0.2, -0.15) is 0 Å². The number of epoxide rings is 1. The number of unbranched alkanes of at least 4 members (excludes halogenated alkanes) is 1. The van der Waals surface area contributed by atoms with E-state index < -0.39 is 0 Å². The molecule has 5 aliphatic heterocycles. The maximum absolute atomic E-state index is 11.3. The van der Waals surface area contributed by atoms with E-state index in [9.17, 15) is 24.0 Å². The highest BCUT2D eigenvalue weighted by molar-refractivity contribution is 6.03. The SMILES string of the molecule is C=C(C)c1ccc2c(c1)C(=C)OC2=O.C=C1CC(=C)O1.C=CCC1CC(=C)OC1=O.C=CCCCC1CO1.C=CCOC1CCCC1=O.CC1C=CC(C2CC(=O)OC2=O)C1. The minimum atomic E-state index is -0.372. The topological polar surface area (TPSA) is 144 Å². The maximum atomic E-state index is 11.3. The Bertz CT molecular complexity index is 1870. The van der Waals surface area contributed by atoms with E-state index in [-0.39, 0.29) is 59.9 Å². The summed E-state index contributed by atoms with van der Waals surface area (Å²) in [6.45, 7) is 34.3. The van der Waals surface area contributed by atoms with Gasteiger partial charge in [0.1, 0.15) is 29.1 Å². The van der Waals surface area contributed by atoms with Gasteiger partial charge < -0.3 is 28.4 Å². The van der Waals surface area contributed by atoms with E-state index in [1.165, 1.54) is 12.8 Å². The van der Waals surface area contributed by atoms with E-state index in [0.717, 1.165) is 66.9 Å². The van der Waals surface area contributed by atoms with E-state index in [4.69, 9.17) is 23.7 Å². The Labute approximate surface area is 361 Å². The third kappa shape index (κ3) is 17.1. The molecule has 328 valence electrons. The van der Waals surface area contributed by atoms with Gasteiger partial charge >= 0.3 is 23.9 Å². The second-order valence-corrected chi connectivity index (χ2v) is 15.6. The van der Waals surface area contributed by atoms with Crippen LogP contribution in [0.25, 0.3) is 11.3 Å². The summed E-state index contributed by atoms with van der Waals surface area (Å²) in [5.74, 6) is 2.23. The summed E-state index contributed by atoms with van der Waals surface area (Å²) in [5, 5.41) is 0. The first-order valence-corrected chi connectivity index (χ1v) is 20.7. The number of ketones is 1. The number of esters is 4. The zero-order valence-electron chi connectivity index (χ0n) is 35.9. The summed E-state index contributed by atoms with van der Waals surface area (Å²) in [4.78, 5) is 55.1. The third-order valence-corrected chi connectivity index (χ3v) is 10.2. The molecule has 11 heteroatoms. The third-order valence-electron chi connectivity index (χ3n) is 10.2. The molecular weight excluding hydrogens is 777 g/mol. The molecule has 8 rings (SSSR count). The highest BCUT2D eigenvalue weighted by atomic mass is 16.6. The van der Waals surface area contributed by atoms with Crippen LogP contribution in [0.2, 0.25) is 0 Å². The van der Waals surface area contributed by atoms with Gasteiger partial charge in [0.25, 0.3) is 0 Å². The molecule has 0 N–H and O–H groups in total. The monoisotopic (exact) mass is 838 g/mol. The fourth-order valence-electron chi connectivity index (χ4n) is 6.77. The molecule has 6 unspecified atom stereocenters. The molecular formula is C50H62O11. The van der Waals surface area contributed by atoms with Crippen LogP contribution in [0.1, 0.15) is 106 Å². The average Bonchev–Trinajstić information content (AvgIpc) is 3.43. The van der Waals surface area contributed by atoms with E-state index in [1.807, 2.05) is 31.2 Å².